The number of hydrogen-bond donors (Lipinski definition) is 0. The molecule has 7 heteroatoms. The number of rotatable bonds is 7. The highest BCUT2D eigenvalue weighted by atomic mass is 32.3. The molecule has 21 heavy (non-hydrogen) atoms. The van der Waals surface area contributed by atoms with Gasteiger partial charge in [0.05, 0.1) is 5.75 Å². The van der Waals surface area contributed by atoms with E-state index in [4.69, 9.17) is 0 Å². The lowest BCUT2D eigenvalue weighted by molar-refractivity contribution is 0.359. The van der Waals surface area contributed by atoms with Crippen LogP contribution in [0.4, 0.5) is 4.39 Å². The van der Waals surface area contributed by atoms with Gasteiger partial charge in [-0.05, 0) is 19.4 Å². The fraction of sp³-hybridized carbons (Fsp3) is 0.571. The van der Waals surface area contributed by atoms with Gasteiger partial charge in [-0.1, -0.05) is 37.3 Å². The first-order valence-electron chi connectivity index (χ1n) is 6.66. The van der Waals surface area contributed by atoms with Gasteiger partial charge < -0.3 is 0 Å². The van der Waals surface area contributed by atoms with Crippen molar-refractivity contribution < 1.29 is 21.2 Å². The van der Waals surface area contributed by atoms with E-state index < -0.39 is 35.7 Å². The maximum Gasteiger partial charge on any atom is 0.172 e. The van der Waals surface area contributed by atoms with Gasteiger partial charge in [0.15, 0.2) is 23.8 Å². The third kappa shape index (κ3) is 4.03. The molecule has 0 spiro atoms. The Balaban J connectivity index is 2.90. The Kier molecular flexibility index (Phi) is 5.55. The van der Waals surface area contributed by atoms with E-state index in [1.165, 1.54) is 6.92 Å². The number of hydrogen-bond acceptors (Lipinski definition) is 4. The van der Waals surface area contributed by atoms with Crippen LogP contribution in [0.15, 0.2) is 30.3 Å². The molecule has 1 aromatic rings. The van der Waals surface area contributed by atoms with Crippen LogP contribution in [0.5, 0.6) is 0 Å². The highest BCUT2D eigenvalue weighted by Gasteiger charge is 2.46. The van der Waals surface area contributed by atoms with E-state index in [2.05, 4.69) is 0 Å². The highest BCUT2D eigenvalue weighted by molar-refractivity contribution is 8.10. The molecule has 0 aliphatic carbocycles. The summed E-state index contributed by atoms with van der Waals surface area (Å²) in [4.78, 5) is 0. The Bertz CT molecular complexity index is 664. The summed E-state index contributed by atoms with van der Waals surface area (Å²) >= 11 is 0. The smallest absolute Gasteiger partial charge is 0.172 e. The third-order valence-corrected chi connectivity index (χ3v) is 9.66. The molecule has 0 saturated carbocycles. The lowest BCUT2D eigenvalue weighted by atomic mass is 10.1. The van der Waals surface area contributed by atoms with Crippen LogP contribution in [0.2, 0.25) is 0 Å². The molecule has 4 nitrogen and oxygen atoms in total. The van der Waals surface area contributed by atoms with Gasteiger partial charge in [-0.3, -0.25) is 0 Å². The minimum Gasteiger partial charge on any atom is -0.246 e. The number of benzene rings is 1. The number of alkyl halides is 1. The molecule has 1 aromatic carbocycles. The number of halogens is 1. The maximum atomic E-state index is 14.0. The van der Waals surface area contributed by atoms with Crippen LogP contribution in [0.25, 0.3) is 0 Å². The quantitative estimate of drug-likeness (QED) is 0.765. The average Bonchev–Trinajstić information content (AvgIpc) is 2.38. The summed E-state index contributed by atoms with van der Waals surface area (Å²) in [5.74, 6) is -1.09. The van der Waals surface area contributed by atoms with Crippen molar-refractivity contribution in [1.82, 2.24) is 0 Å². The van der Waals surface area contributed by atoms with Gasteiger partial charge in [0.25, 0.3) is 0 Å². The second-order valence-corrected chi connectivity index (χ2v) is 11.0. The van der Waals surface area contributed by atoms with Crippen molar-refractivity contribution in [3.8, 4) is 0 Å². The van der Waals surface area contributed by atoms with Crippen LogP contribution in [0.1, 0.15) is 26.3 Å². The fourth-order valence-electron chi connectivity index (χ4n) is 1.91. The minimum absolute atomic E-state index is 0.0533. The van der Waals surface area contributed by atoms with E-state index in [0.29, 0.717) is 5.56 Å². The zero-order valence-electron chi connectivity index (χ0n) is 12.4. The van der Waals surface area contributed by atoms with Crippen molar-refractivity contribution in [1.29, 1.82) is 0 Å². The van der Waals surface area contributed by atoms with Crippen molar-refractivity contribution in [2.45, 2.75) is 37.4 Å². The average molecular weight is 336 g/mol. The number of sulfone groups is 2. The van der Waals surface area contributed by atoms with Crippen molar-refractivity contribution in [3.05, 3.63) is 35.9 Å². The van der Waals surface area contributed by atoms with Crippen molar-refractivity contribution in [3.63, 3.8) is 0 Å². The van der Waals surface area contributed by atoms with Gasteiger partial charge in [-0.15, -0.1) is 0 Å². The van der Waals surface area contributed by atoms with Gasteiger partial charge in [0.1, 0.15) is 6.17 Å². The molecule has 0 N–H and O–H groups in total. The summed E-state index contributed by atoms with van der Waals surface area (Å²) in [6.07, 6.45) is -1.69. The topological polar surface area (TPSA) is 68.3 Å². The summed E-state index contributed by atoms with van der Waals surface area (Å²) in [5.41, 5.74) is 0.677. The molecule has 1 atom stereocenters. The molecule has 0 fully saturated rings. The van der Waals surface area contributed by atoms with Crippen LogP contribution in [-0.4, -0.2) is 38.6 Å². The Morgan fingerprint density at radius 1 is 1.05 bits per heavy atom. The SMILES string of the molecule is CCS(=O)(=O)C(C)(C)S(=O)(=O)CC(F)Cc1ccccc1. The van der Waals surface area contributed by atoms with Crippen LogP contribution in [0, 0.1) is 0 Å². The second-order valence-electron chi connectivity index (χ2n) is 5.37. The van der Waals surface area contributed by atoms with E-state index in [1.54, 1.807) is 30.3 Å². The van der Waals surface area contributed by atoms with Crippen molar-refractivity contribution >= 4 is 19.7 Å². The Hall–Kier alpha value is -0.950. The van der Waals surface area contributed by atoms with Crippen LogP contribution in [0.3, 0.4) is 0 Å². The van der Waals surface area contributed by atoms with E-state index in [0.717, 1.165) is 13.8 Å². The highest BCUT2D eigenvalue weighted by Crippen LogP contribution is 2.27. The van der Waals surface area contributed by atoms with Gasteiger partial charge >= 0.3 is 0 Å². The van der Waals surface area contributed by atoms with Crippen LogP contribution in [-0.2, 0) is 26.1 Å². The zero-order valence-corrected chi connectivity index (χ0v) is 14.0. The predicted molar refractivity (Wildman–Crippen MR) is 82.4 cm³/mol. The first-order valence-corrected chi connectivity index (χ1v) is 9.96. The Morgan fingerprint density at radius 2 is 1.57 bits per heavy atom. The van der Waals surface area contributed by atoms with E-state index in [9.17, 15) is 21.2 Å². The molecule has 0 amide bonds. The molecule has 0 saturated heterocycles. The van der Waals surface area contributed by atoms with Crippen molar-refractivity contribution in [2.75, 3.05) is 11.5 Å². The first-order chi connectivity index (χ1) is 9.53. The molecular weight excluding hydrogens is 315 g/mol. The normalized spacial score (nSPS) is 14.9. The molecular formula is C14H21FO4S2. The largest absolute Gasteiger partial charge is 0.246 e. The predicted octanol–water partition coefficient (Wildman–Crippen LogP) is 2.15. The van der Waals surface area contributed by atoms with Crippen molar-refractivity contribution in [2.24, 2.45) is 0 Å². The molecule has 0 bridgehead atoms. The van der Waals surface area contributed by atoms with Crippen LogP contribution < -0.4 is 0 Å². The minimum atomic E-state index is -4.11. The van der Waals surface area contributed by atoms with Gasteiger partial charge in [0.2, 0.25) is 0 Å². The van der Waals surface area contributed by atoms with Gasteiger partial charge in [-0.25, -0.2) is 21.2 Å². The molecule has 120 valence electrons. The third-order valence-electron chi connectivity index (χ3n) is 3.58. The summed E-state index contributed by atoms with van der Waals surface area (Å²) < 4.78 is 60.3. The molecule has 0 aliphatic rings. The summed E-state index contributed by atoms with van der Waals surface area (Å²) in [5, 5.41) is 0. The molecule has 0 radical (unpaired) electrons. The lowest BCUT2D eigenvalue weighted by Crippen LogP contribution is -2.44. The summed E-state index contributed by atoms with van der Waals surface area (Å²) in [7, 11) is -7.94. The van der Waals surface area contributed by atoms with E-state index in [1.807, 2.05) is 0 Å². The second kappa shape index (κ2) is 6.44. The van der Waals surface area contributed by atoms with E-state index >= 15 is 0 Å². The molecule has 0 heterocycles. The fourth-order valence-corrected chi connectivity index (χ4v) is 5.70. The van der Waals surface area contributed by atoms with Gasteiger partial charge in [-0.2, -0.15) is 0 Å². The Labute approximate surface area is 126 Å². The zero-order chi connectivity index (χ0) is 16.3. The van der Waals surface area contributed by atoms with Gasteiger partial charge in [0, 0.05) is 12.2 Å². The Morgan fingerprint density at radius 3 is 2.05 bits per heavy atom. The lowest BCUT2D eigenvalue weighted by Gasteiger charge is -2.25. The summed E-state index contributed by atoms with van der Waals surface area (Å²) in [6.45, 7) is 3.62. The standard InChI is InChI=1S/C14H21FO4S2/c1-4-20(16,17)14(2,3)21(18,19)11-13(15)10-12-8-6-5-7-9-12/h5-9,13H,4,10-11H2,1-3H3. The van der Waals surface area contributed by atoms with Crippen LogP contribution >= 0.6 is 0 Å². The molecule has 1 unspecified atom stereocenters. The van der Waals surface area contributed by atoms with E-state index in [-0.39, 0.29) is 12.2 Å². The molecule has 0 aliphatic heterocycles. The monoisotopic (exact) mass is 336 g/mol. The molecule has 0 aromatic heterocycles. The summed E-state index contributed by atoms with van der Waals surface area (Å²) in [6, 6.07) is 8.66. The molecule has 1 rings (SSSR count). The first kappa shape index (κ1) is 18.1. The maximum absolute atomic E-state index is 14.0.